The highest BCUT2D eigenvalue weighted by Crippen LogP contribution is 2.38. The van der Waals surface area contributed by atoms with Gasteiger partial charge in [0.2, 0.25) is 0 Å². The summed E-state index contributed by atoms with van der Waals surface area (Å²) in [4.78, 5) is 1.24. The Morgan fingerprint density at radius 1 is 1.40 bits per heavy atom. The average molecular weight is 223 g/mol. The number of morpholine rings is 1. The number of rotatable bonds is 1. The Bertz CT molecular complexity index is 364. The summed E-state index contributed by atoms with van der Waals surface area (Å²) in [6.07, 6.45) is 0.199. The van der Waals surface area contributed by atoms with E-state index >= 15 is 0 Å². The zero-order valence-corrected chi connectivity index (χ0v) is 9.18. The second-order valence-corrected chi connectivity index (χ2v) is 4.64. The predicted octanol–water partition coefficient (Wildman–Crippen LogP) is 1.79. The Labute approximate surface area is 93.1 Å². The number of benzene rings is 1. The summed E-state index contributed by atoms with van der Waals surface area (Å²) < 4.78 is 11.2. The lowest BCUT2D eigenvalue weighted by Gasteiger charge is -2.24. The second kappa shape index (κ2) is 4.04. The maximum absolute atomic E-state index is 5.71. The van der Waals surface area contributed by atoms with Crippen LogP contribution in [0, 0.1) is 0 Å². The third kappa shape index (κ3) is 1.85. The highest BCUT2D eigenvalue weighted by molar-refractivity contribution is 7.99. The highest BCUT2D eigenvalue weighted by atomic mass is 32.2. The van der Waals surface area contributed by atoms with Gasteiger partial charge in [0, 0.05) is 13.1 Å². The van der Waals surface area contributed by atoms with Gasteiger partial charge in [0.05, 0.1) is 17.6 Å². The number of ether oxygens (including phenoxy) is 2. The molecule has 1 atom stereocenters. The summed E-state index contributed by atoms with van der Waals surface area (Å²) in [5, 5.41) is 3.34. The van der Waals surface area contributed by atoms with Gasteiger partial charge >= 0.3 is 0 Å². The van der Waals surface area contributed by atoms with Crippen molar-refractivity contribution in [1.82, 2.24) is 5.32 Å². The first kappa shape index (κ1) is 9.51. The number of fused-ring (bicyclic) bond motifs is 1. The standard InChI is InChI=1S/C11H13NO2S/c1-2-9-11(15-7-14-9)5-8(1)10-6-12-3-4-13-10/h1-2,5,10,12H,3-4,6-7H2. The zero-order valence-electron chi connectivity index (χ0n) is 8.36. The van der Waals surface area contributed by atoms with Crippen LogP contribution in [0.3, 0.4) is 0 Å². The number of thioether (sulfide) groups is 1. The lowest BCUT2D eigenvalue weighted by atomic mass is 10.1. The molecule has 2 aliphatic rings. The zero-order chi connectivity index (χ0) is 10.1. The SMILES string of the molecule is c1cc2c(cc1C1CNCCO1)SCO2. The van der Waals surface area contributed by atoms with Crippen molar-refractivity contribution in [1.29, 1.82) is 0 Å². The third-order valence-corrected chi connectivity index (χ3v) is 3.56. The first-order valence-electron chi connectivity index (χ1n) is 5.15. The van der Waals surface area contributed by atoms with E-state index in [0.29, 0.717) is 0 Å². The molecule has 4 heteroatoms. The molecule has 1 aromatic rings. The maximum atomic E-state index is 5.71. The van der Waals surface area contributed by atoms with Crippen molar-refractivity contribution in [2.75, 3.05) is 25.6 Å². The van der Waals surface area contributed by atoms with Crippen LogP contribution >= 0.6 is 11.8 Å². The van der Waals surface area contributed by atoms with E-state index in [-0.39, 0.29) is 6.10 Å². The van der Waals surface area contributed by atoms with Crippen LogP contribution in [-0.4, -0.2) is 25.6 Å². The van der Waals surface area contributed by atoms with E-state index in [0.717, 1.165) is 31.4 Å². The van der Waals surface area contributed by atoms with E-state index in [9.17, 15) is 0 Å². The number of nitrogens with one attached hydrogen (secondary N) is 1. The van der Waals surface area contributed by atoms with Gasteiger partial charge in [0.15, 0.2) is 0 Å². The molecule has 0 aliphatic carbocycles. The molecule has 0 radical (unpaired) electrons. The van der Waals surface area contributed by atoms with Crippen molar-refractivity contribution in [3.05, 3.63) is 23.8 Å². The molecule has 3 nitrogen and oxygen atoms in total. The maximum Gasteiger partial charge on any atom is 0.138 e. The Balaban J connectivity index is 1.85. The largest absolute Gasteiger partial charge is 0.481 e. The topological polar surface area (TPSA) is 30.5 Å². The quantitative estimate of drug-likeness (QED) is 0.786. The average Bonchev–Trinajstić information content (AvgIpc) is 2.77. The molecule has 1 saturated heterocycles. The molecule has 0 spiro atoms. The van der Waals surface area contributed by atoms with Gasteiger partial charge in [-0.1, -0.05) is 17.8 Å². The van der Waals surface area contributed by atoms with Gasteiger partial charge in [-0.2, -0.15) is 0 Å². The van der Waals surface area contributed by atoms with E-state index in [1.165, 1.54) is 10.5 Å². The minimum Gasteiger partial charge on any atom is -0.481 e. The fourth-order valence-electron chi connectivity index (χ4n) is 1.89. The van der Waals surface area contributed by atoms with Crippen LogP contribution in [0.4, 0.5) is 0 Å². The molecule has 80 valence electrons. The molecular formula is C11H13NO2S. The van der Waals surface area contributed by atoms with Crippen LogP contribution in [0.25, 0.3) is 0 Å². The molecule has 1 aromatic carbocycles. The van der Waals surface area contributed by atoms with Gasteiger partial charge in [-0.25, -0.2) is 0 Å². The van der Waals surface area contributed by atoms with Crippen LogP contribution in [-0.2, 0) is 4.74 Å². The van der Waals surface area contributed by atoms with Gasteiger partial charge < -0.3 is 14.8 Å². The van der Waals surface area contributed by atoms with Crippen molar-refractivity contribution < 1.29 is 9.47 Å². The van der Waals surface area contributed by atoms with Gasteiger partial charge in [-0.15, -0.1) is 0 Å². The Hall–Kier alpha value is -0.710. The molecule has 2 heterocycles. The fourth-order valence-corrected chi connectivity index (χ4v) is 2.69. The van der Waals surface area contributed by atoms with Crippen LogP contribution in [0.5, 0.6) is 5.75 Å². The van der Waals surface area contributed by atoms with Crippen LogP contribution in [0.2, 0.25) is 0 Å². The van der Waals surface area contributed by atoms with Crippen molar-refractivity contribution in [3.63, 3.8) is 0 Å². The summed E-state index contributed by atoms with van der Waals surface area (Å²) >= 11 is 1.75. The molecule has 1 fully saturated rings. The molecule has 0 saturated carbocycles. The van der Waals surface area contributed by atoms with Crippen LogP contribution in [0.15, 0.2) is 23.1 Å². The number of hydrogen-bond acceptors (Lipinski definition) is 4. The highest BCUT2D eigenvalue weighted by Gasteiger charge is 2.19. The summed E-state index contributed by atoms with van der Waals surface area (Å²) in [6, 6.07) is 6.33. The predicted molar refractivity (Wildman–Crippen MR) is 59.4 cm³/mol. The molecule has 1 N–H and O–H groups in total. The van der Waals surface area contributed by atoms with E-state index in [4.69, 9.17) is 9.47 Å². The Morgan fingerprint density at radius 2 is 2.40 bits per heavy atom. The smallest absolute Gasteiger partial charge is 0.138 e. The summed E-state index contributed by atoms with van der Waals surface area (Å²) in [5.74, 6) is 1.75. The third-order valence-electron chi connectivity index (χ3n) is 2.70. The molecule has 0 amide bonds. The summed E-state index contributed by atoms with van der Waals surface area (Å²) in [5.41, 5.74) is 1.25. The van der Waals surface area contributed by atoms with E-state index in [2.05, 4.69) is 17.4 Å². The first-order chi connectivity index (χ1) is 7.43. The second-order valence-electron chi connectivity index (χ2n) is 3.68. The van der Waals surface area contributed by atoms with E-state index in [1.54, 1.807) is 11.8 Å². The van der Waals surface area contributed by atoms with Crippen LogP contribution < -0.4 is 10.1 Å². The normalized spacial score (nSPS) is 24.7. The molecule has 0 aromatic heterocycles. The molecule has 15 heavy (non-hydrogen) atoms. The monoisotopic (exact) mass is 223 g/mol. The first-order valence-corrected chi connectivity index (χ1v) is 6.14. The van der Waals surface area contributed by atoms with Gasteiger partial charge in [-0.05, 0) is 17.7 Å². The molecule has 1 unspecified atom stereocenters. The molecular weight excluding hydrogens is 210 g/mol. The molecule has 0 bridgehead atoms. The Morgan fingerprint density at radius 3 is 3.27 bits per heavy atom. The van der Waals surface area contributed by atoms with Crippen molar-refractivity contribution in [3.8, 4) is 5.75 Å². The van der Waals surface area contributed by atoms with Crippen molar-refractivity contribution in [2.45, 2.75) is 11.0 Å². The van der Waals surface area contributed by atoms with E-state index < -0.39 is 0 Å². The van der Waals surface area contributed by atoms with Gasteiger partial charge in [0.25, 0.3) is 0 Å². The van der Waals surface area contributed by atoms with E-state index in [1.807, 2.05) is 6.07 Å². The van der Waals surface area contributed by atoms with Gasteiger partial charge in [-0.3, -0.25) is 0 Å². The minimum absolute atomic E-state index is 0.199. The van der Waals surface area contributed by atoms with Crippen molar-refractivity contribution in [2.24, 2.45) is 0 Å². The van der Waals surface area contributed by atoms with Gasteiger partial charge in [0.1, 0.15) is 11.7 Å². The summed E-state index contributed by atoms with van der Waals surface area (Å²) in [7, 11) is 0. The fraction of sp³-hybridized carbons (Fsp3) is 0.455. The lowest BCUT2D eigenvalue weighted by Crippen LogP contribution is -2.33. The van der Waals surface area contributed by atoms with Crippen LogP contribution in [0.1, 0.15) is 11.7 Å². The molecule has 2 aliphatic heterocycles. The van der Waals surface area contributed by atoms with Crippen molar-refractivity contribution >= 4 is 11.8 Å². The summed E-state index contributed by atoms with van der Waals surface area (Å²) in [6.45, 7) is 2.66. The minimum atomic E-state index is 0.199. The lowest BCUT2D eigenvalue weighted by molar-refractivity contribution is 0.0275. The Kier molecular flexibility index (Phi) is 2.56. The number of hydrogen-bond donors (Lipinski definition) is 1. The molecule has 3 rings (SSSR count).